The Morgan fingerprint density at radius 3 is 2.50 bits per heavy atom. The van der Waals surface area contributed by atoms with E-state index in [9.17, 15) is 4.39 Å². The molecule has 1 spiro atoms. The van der Waals surface area contributed by atoms with E-state index in [-0.39, 0.29) is 11.4 Å². The summed E-state index contributed by atoms with van der Waals surface area (Å²) in [4.78, 5) is 0. The maximum absolute atomic E-state index is 13.8. The Labute approximate surface area is 132 Å². The Hall–Kier alpha value is -0.930. The van der Waals surface area contributed by atoms with Crippen molar-refractivity contribution in [3.8, 4) is 0 Å². The van der Waals surface area contributed by atoms with Gasteiger partial charge in [-0.25, -0.2) is 4.39 Å². The minimum atomic E-state index is -0.464. The molecule has 22 heavy (non-hydrogen) atoms. The number of hydrogen-bond donors (Lipinski definition) is 0. The molecule has 5 rings (SSSR count). The van der Waals surface area contributed by atoms with Gasteiger partial charge < -0.3 is 9.47 Å². The SMILES string of the molecule is Fc1ccccc1COC12CCC(CC1)C1(CCCCC1)O2. The Bertz CT molecular complexity index is 528. The molecule has 3 heteroatoms. The van der Waals surface area contributed by atoms with Gasteiger partial charge in [-0.15, -0.1) is 0 Å². The monoisotopic (exact) mass is 304 g/mol. The van der Waals surface area contributed by atoms with Crippen molar-refractivity contribution < 1.29 is 13.9 Å². The molecule has 1 aromatic rings. The average Bonchev–Trinajstić information content (AvgIpc) is 2.56. The average molecular weight is 304 g/mol. The van der Waals surface area contributed by atoms with Crippen molar-refractivity contribution in [3.63, 3.8) is 0 Å². The third-order valence-electron chi connectivity index (χ3n) is 6.03. The Morgan fingerprint density at radius 2 is 1.77 bits per heavy atom. The fourth-order valence-electron chi connectivity index (χ4n) is 4.80. The largest absolute Gasteiger partial charge is 0.345 e. The summed E-state index contributed by atoms with van der Waals surface area (Å²) in [5.74, 6) is 0.0662. The first-order valence-corrected chi connectivity index (χ1v) is 8.79. The fraction of sp³-hybridized carbons (Fsp3) is 0.684. The van der Waals surface area contributed by atoms with E-state index in [2.05, 4.69) is 0 Å². The van der Waals surface area contributed by atoms with Gasteiger partial charge in [-0.05, 0) is 37.7 Å². The van der Waals surface area contributed by atoms with E-state index in [0.717, 1.165) is 12.8 Å². The van der Waals surface area contributed by atoms with Gasteiger partial charge in [0.15, 0.2) is 5.79 Å². The topological polar surface area (TPSA) is 18.5 Å². The summed E-state index contributed by atoms with van der Waals surface area (Å²) in [6.07, 6.45) is 10.6. The van der Waals surface area contributed by atoms with E-state index in [1.54, 1.807) is 12.1 Å². The molecule has 0 N–H and O–H groups in total. The van der Waals surface area contributed by atoms with E-state index < -0.39 is 5.79 Å². The van der Waals surface area contributed by atoms with Crippen molar-refractivity contribution in [2.45, 2.75) is 75.8 Å². The van der Waals surface area contributed by atoms with Crippen LogP contribution in [0.3, 0.4) is 0 Å². The van der Waals surface area contributed by atoms with E-state index in [1.807, 2.05) is 6.07 Å². The number of rotatable bonds is 3. The van der Waals surface area contributed by atoms with Crippen LogP contribution in [0, 0.1) is 11.7 Å². The minimum Gasteiger partial charge on any atom is -0.345 e. The highest BCUT2D eigenvalue weighted by Crippen LogP contribution is 2.55. The summed E-state index contributed by atoms with van der Waals surface area (Å²) in [6, 6.07) is 6.88. The number of ether oxygens (including phenoxy) is 2. The molecule has 0 aromatic heterocycles. The molecule has 0 atom stereocenters. The third kappa shape index (κ3) is 2.48. The molecule has 0 amide bonds. The lowest BCUT2D eigenvalue weighted by Crippen LogP contribution is -2.59. The predicted molar refractivity (Wildman–Crippen MR) is 82.8 cm³/mol. The lowest BCUT2D eigenvalue weighted by Gasteiger charge is -2.58. The lowest BCUT2D eigenvalue weighted by atomic mass is 9.65. The first-order valence-electron chi connectivity index (χ1n) is 8.79. The van der Waals surface area contributed by atoms with Gasteiger partial charge in [0, 0.05) is 18.4 Å². The van der Waals surface area contributed by atoms with Crippen LogP contribution in [0.5, 0.6) is 0 Å². The summed E-state index contributed by atoms with van der Waals surface area (Å²) in [5, 5.41) is 0. The van der Waals surface area contributed by atoms with Gasteiger partial charge in [0.05, 0.1) is 12.2 Å². The normalized spacial score (nSPS) is 33.2. The molecular weight excluding hydrogens is 279 g/mol. The zero-order chi connectivity index (χ0) is 15.0. The maximum Gasteiger partial charge on any atom is 0.169 e. The van der Waals surface area contributed by atoms with E-state index in [0.29, 0.717) is 18.1 Å². The van der Waals surface area contributed by atoms with Gasteiger partial charge in [-0.2, -0.15) is 0 Å². The van der Waals surface area contributed by atoms with Crippen LogP contribution in [0.4, 0.5) is 4.39 Å². The fourth-order valence-corrected chi connectivity index (χ4v) is 4.80. The van der Waals surface area contributed by atoms with Crippen molar-refractivity contribution in [3.05, 3.63) is 35.6 Å². The van der Waals surface area contributed by atoms with E-state index in [4.69, 9.17) is 9.47 Å². The van der Waals surface area contributed by atoms with Gasteiger partial charge in [-0.3, -0.25) is 0 Å². The molecule has 2 heterocycles. The summed E-state index contributed by atoms with van der Waals surface area (Å²) in [5.41, 5.74) is 0.690. The highest BCUT2D eigenvalue weighted by Gasteiger charge is 2.56. The second-order valence-electron chi connectivity index (χ2n) is 7.29. The van der Waals surface area contributed by atoms with Crippen molar-refractivity contribution in [2.24, 2.45) is 5.92 Å². The Balaban J connectivity index is 1.49. The molecule has 1 aromatic carbocycles. The number of halogens is 1. The molecule has 2 saturated carbocycles. The van der Waals surface area contributed by atoms with Gasteiger partial charge in [0.25, 0.3) is 0 Å². The van der Waals surface area contributed by atoms with Crippen LogP contribution in [0.15, 0.2) is 24.3 Å². The van der Waals surface area contributed by atoms with Gasteiger partial charge in [0.2, 0.25) is 0 Å². The highest BCUT2D eigenvalue weighted by atomic mass is 19.1. The third-order valence-corrected chi connectivity index (χ3v) is 6.03. The second kappa shape index (κ2) is 5.61. The zero-order valence-electron chi connectivity index (χ0n) is 13.2. The zero-order valence-corrected chi connectivity index (χ0v) is 13.2. The summed E-state index contributed by atoms with van der Waals surface area (Å²) < 4.78 is 26.6. The number of fused-ring (bicyclic) bond motifs is 2. The van der Waals surface area contributed by atoms with Crippen molar-refractivity contribution in [1.29, 1.82) is 0 Å². The smallest absolute Gasteiger partial charge is 0.169 e. The summed E-state index contributed by atoms with van der Waals surface area (Å²) >= 11 is 0. The van der Waals surface area contributed by atoms with Gasteiger partial charge >= 0.3 is 0 Å². The van der Waals surface area contributed by atoms with Crippen molar-refractivity contribution in [2.75, 3.05) is 0 Å². The van der Waals surface area contributed by atoms with Crippen molar-refractivity contribution in [1.82, 2.24) is 0 Å². The molecule has 2 aliphatic heterocycles. The quantitative estimate of drug-likeness (QED) is 0.785. The van der Waals surface area contributed by atoms with Crippen LogP contribution in [0.1, 0.15) is 63.4 Å². The van der Waals surface area contributed by atoms with Crippen LogP contribution in [-0.4, -0.2) is 11.4 Å². The van der Waals surface area contributed by atoms with Crippen LogP contribution in [0.2, 0.25) is 0 Å². The number of hydrogen-bond acceptors (Lipinski definition) is 2. The van der Waals surface area contributed by atoms with Crippen molar-refractivity contribution >= 4 is 0 Å². The van der Waals surface area contributed by atoms with Crippen LogP contribution < -0.4 is 0 Å². The van der Waals surface area contributed by atoms with E-state index >= 15 is 0 Å². The molecule has 2 bridgehead atoms. The molecule has 2 nitrogen and oxygen atoms in total. The van der Waals surface area contributed by atoms with E-state index in [1.165, 1.54) is 51.0 Å². The lowest BCUT2D eigenvalue weighted by molar-refractivity contribution is -0.364. The van der Waals surface area contributed by atoms with Crippen LogP contribution in [0.25, 0.3) is 0 Å². The first-order chi connectivity index (χ1) is 10.7. The molecule has 2 aliphatic carbocycles. The van der Waals surface area contributed by atoms with Crippen LogP contribution >= 0.6 is 0 Å². The second-order valence-corrected chi connectivity index (χ2v) is 7.29. The molecule has 4 aliphatic rings. The van der Waals surface area contributed by atoms with Gasteiger partial charge in [-0.1, -0.05) is 37.5 Å². The molecule has 2 saturated heterocycles. The summed E-state index contributed by atoms with van der Waals surface area (Å²) in [6.45, 7) is 0.313. The van der Waals surface area contributed by atoms with Gasteiger partial charge in [0.1, 0.15) is 5.82 Å². The molecule has 0 radical (unpaired) electrons. The molecule has 4 fully saturated rings. The predicted octanol–water partition coefficient (Wildman–Crippen LogP) is 4.96. The maximum atomic E-state index is 13.8. The first kappa shape index (κ1) is 14.6. The molecule has 120 valence electrons. The van der Waals surface area contributed by atoms with Crippen LogP contribution in [-0.2, 0) is 16.1 Å². The molecule has 0 unspecified atom stereocenters. The number of benzene rings is 1. The Kier molecular flexibility index (Phi) is 3.74. The standard InChI is InChI=1S/C19H25FO2/c20-17-7-3-2-6-15(17)14-21-19-12-8-16(9-13-19)18(22-19)10-4-1-5-11-18/h2-3,6-7,16H,1,4-5,8-14H2. The summed E-state index contributed by atoms with van der Waals surface area (Å²) in [7, 11) is 0. The Morgan fingerprint density at radius 1 is 1.05 bits per heavy atom. The molecular formula is C19H25FO2. The minimum absolute atomic E-state index is 0.0595. The highest BCUT2D eigenvalue weighted by molar-refractivity contribution is 5.16.